The molecule has 0 saturated heterocycles. The summed E-state index contributed by atoms with van der Waals surface area (Å²) in [4.78, 5) is 0. The molecule has 0 atom stereocenters. The van der Waals surface area contributed by atoms with Crippen LogP contribution in [0.3, 0.4) is 0 Å². The fourth-order valence-electron chi connectivity index (χ4n) is 1.42. The summed E-state index contributed by atoms with van der Waals surface area (Å²) in [5.41, 5.74) is 2.48. The Morgan fingerprint density at radius 1 is 1.54 bits per heavy atom. The lowest BCUT2D eigenvalue weighted by Crippen LogP contribution is -1.83. The molecule has 0 amide bonds. The molecule has 0 aliphatic heterocycles. The number of aryl methyl sites for hydroxylation is 1. The van der Waals surface area contributed by atoms with Gasteiger partial charge < -0.3 is 0 Å². The predicted molar refractivity (Wildman–Crippen MR) is 63.8 cm³/mol. The first-order valence-electron chi connectivity index (χ1n) is 3.95. The maximum absolute atomic E-state index is 5.88. The third-order valence-corrected chi connectivity index (χ3v) is 4.60. The van der Waals surface area contributed by atoms with Gasteiger partial charge in [-0.1, -0.05) is 6.07 Å². The van der Waals surface area contributed by atoms with Crippen molar-refractivity contribution < 1.29 is 0 Å². The molecule has 2 aromatic rings. The van der Waals surface area contributed by atoms with Crippen LogP contribution in [0.5, 0.6) is 0 Å². The molecule has 3 heteroatoms. The van der Waals surface area contributed by atoms with Crippen molar-refractivity contribution in [1.29, 1.82) is 0 Å². The van der Waals surface area contributed by atoms with Crippen LogP contribution >= 0.6 is 38.9 Å². The van der Waals surface area contributed by atoms with Crippen LogP contribution in [-0.4, -0.2) is 0 Å². The van der Waals surface area contributed by atoms with E-state index in [9.17, 15) is 0 Å². The molecule has 0 unspecified atom stereocenters. The summed E-state index contributed by atoms with van der Waals surface area (Å²) < 4.78 is 2.50. The number of halogens is 2. The Kier molecular flexibility index (Phi) is 2.63. The first-order valence-corrected chi connectivity index (χ1v) is 6.16. The van der Waals surface area contributed by atoms with Crippen molar-refractivity contribution in [3.05, 3.63) is 33.1 Å². The van der Waals surface area contributed by atoms with Gasteiger partial charge in [-0.25, -0.2) is 0 Å². The zero-order chi connectivity index (χ0) is 9.42. The maximum Gasteiger partial charge on any atom is 0.0490 e. The minimum absolute atomic E-state index is 0.585. The van der Waals surface area contributed by atoms with Crippen LogP contribution in [0.1, 0.15) is 11.1 Å². The standard InChI is InChI=1S/C10H8BrClS/c1-6-4-7(5-12)8-2-3-13-10(8)9(6)11/h2-4H,5H2,1H3. The maximum atomic E-state index is 5.88. The second-order valence-corrected chi connectivity index (χ2v) is 4.94. The molecule has 13 heavy (non-hydrogen) atoms. The van der Waals surface area contributed by atoms with Gasteiger partial charge in [0.1, 0.15) is 0 Å². The molecule has 0 radical (unpaired) electrons. The Balaban J connectivity index is 2.87. The lowest BCUT2D eigenvalue weighted by atomic mass is 10.1. The van der Waals surface area contributed by atoms with Gasteiger partial charge >= 0.3 is 0 Å². The third kappa shape index (κ3) is 1.51. The normalized spacial score (nSPS) is 11.0. The first-order chi connectivity index (χ1) is 6.24. The summed E-state index contributed by atoms with van der Waals surface area (Å²) in [7, 11) is 0. The molecular formula is C10H8BrClS. The van der Waals surface area contributed by atoms with Gasteiger partial charge in [-0.15, -0.1) is 22.9 Å². The molecule has 2 rings (SSSR count). The van der Waals surface area contributed by atoms with E-state index in [4.69, 9.17) is 11.6 Å². The molecule has 0 nitrogen and oxygen atoms in total. The number of hydrogen-bond acceptors (Lipinski definition) is 1. The monoisotopic (exact) mass is 274 g/mol. The average Bonchev–Trinajstić information content (AvgIpc) is 2.60. The van der Waals surface area contributed by atoms with Crippen LogP contribution in [-0.2, 0) is 5.88 Å². The number of hydrogen-bond donors (Lipinski definition) is 0. The summed E-state index contributed by atoms with van der Waals surface area (Å²) in [5.74, 6) is 0.585. The average molecular weight is 276 g/mol. The van der Waals surface area contributed by atoms with E-state index in [1.54, 1.807) is 11.3 Å². The zero-order valence-corrected chi connectivity index (χ0v) is 10.3. The van der Waals surface area contributed by atoms with Crippen molar-refractivity contribution >= 4 is 49.0 Å². The molecule has 68 valence electrons. The summed E-state index contributed by atoms with van der Waals surface area (Å²) in [6.07, 6.45) is 0. The number of alkyl halides is 1. The number of benzene rings is 1. The molecular weight excluding hydrogens is 268 g/mol. The SMILES string of the molecule is Cc1cc(CCl)c2ccsc2c1Br. The van der Waals surface area contributed by atoms with E-state index in [0.29, 0.717) is 5.88 Å². The Hall–Kier alpha value is -0.0500. The van der Waals surface area contributed by atoms with Crippen molar-refractivity contribution in [2.24, 2.45) is 0 Å². The second-order valence-electron chi connectivity index (χ2n) is 2.96. The van der Waals surface area contributed by atoms with Crippen molar-refractivity contribution in [3.8, 4) is 0 Å². The van der Waals surface area contributed by atoms with Gasteiger partial charge in [-0.05, 0) is 50.8 Å². The van der Waals surface area contributed by atoms with Gasteiger partial charge in [0.15, 0.2) is 0 Å². The Morgan fingerprint density at radius 3 is 3.00 bits per heavy atom. The summed E-state index contributed by atoms with van der Waals surface area (Å²) >= 11 is 11.2. The molecule has 0 N–H and O–H groups in total. The van der Waals surface area contributed by atoms with Gasteiger partial charge in [-0.3, -0.25) is 0 Å². The minimum atomic E-state index is 0.585. The molecule has 0 saturated carbocycles. The Morgan fingerprint density at radius 2 is 2.31 bits per heavy atom. The zero-order valence-electron chi connectivity index (χ0n) is 7.10. The van der Waals surface area contributed by atoms with E-state index in [-0.39, 0.29) is 0 Å². The van der Waals surface area contributed by atoms with E-state index in [2.05, 4.69) is 40.4 Å². The molecule has 1 aromatic heterocycles. The second kappa shape index (κ2) is 3.60. The predicted octanol–water partition coefficient (Wildman–Crippen LogP) is 4.71. The van der Waals surface area contributed by atoms with E-state index in [0.717, 1.165) is 0 Å². The number of fused-ring (bicyclic) bond motifs is 1. The molecule has 1 heterocycles. The quantitative estimate of drug-likeness (QED) is 0.661. The van der Waals surface area contributed by atoms with Crippen LogP contribution in [0.4, 0.5) is 0 Å². The van der Waals surface area contributed by atoms with Crippen LogP contribution < -0.4 is 0 Å². The first kappa shape index (κ1) is 9.50. The lowest BCUT2D eigenvalue weighted by Gasteiger charge is -2.04. The van der Waals surface area contributed by atoms with Gasteiger partial charge in [-0.2, -0.15) is 0 Å². The highest BCUT2D eigenvalue weighted by molar-refractivity contribution is 9.10. The van der Waals surface area contributed by atoms with Crippen LogP contribution in [0.2, 0.25) is 0 Å². The molecule has 0 fully saturated rings. The third-order valence-electron chi connectivity index (χ3n) is 2.09. The highest BCUT2D eigenvalue weighted by Gasteiger charge is 2.07. The van der Waals surface area contributed by atoms with Crippen molar-refractivity contribution in [3.63, 3.8) is 0 Å². The van der Waals surface area contributed by atoms with E-state index in [1.165, 1.54) is 25.7 Å². The molecule has 1 aromatic carbocycles. The van der Waals surface area contributed by atoms with Crippen molar-refractivity contribution in [2.45, 2.75) is 12.8 Å². The summed E-state index contributed by atoms with van der Waals surface area (Å²) in [5, 5.41) is 3.38. The Bertz CT molecular complexity index is 447. The lowest BCUT2D eigenvalue weighted by molar-refractivity contribution is 1.38. The van der Waals surface area contributed by atoms with Crippen molar-refractivity contribution in [1.82, 2.24) is 0 Å². The van der Waals surface area contributed by atoms with Crippen molar-refractivity contribution in [2.75, 3.05) is 0 Å². The highest BCUT2D eigenvalue weighted by atomic mass is 79.9. The van der Waals surface area contributed by atoms with Gasteiger partial charge in [0, 0.05) is 15.1 Å². The fourth-order valence-corrected chi connectivity index (χ4v) is 3.18. The molecule has 0 aliphatic carbocycles. The van der Waals surface area contributed by atoms with Gasteiger partial charge in [0.25, 0.3) is 0 Å². The van der Waals surface area contributed by atoms with Crippen LogP contribution in [0.25, 0.3) is 10.1 Å². The number of rotatable bonds is 1. The summed E-state index contributed by atoms with van der Waals surface area (Å²) in [6.45, 7) is 2.10. The topological polar surface area (TPSA) is 0 Å². The van der Waals surface area contributed by atoms with E-state index >= 15 is 0 Å². The smallest absolute Gasteiger partial charge is 0.0490 e. The molecule has 0 aliphatic rings. The minimum Gasteiger partial charge on any atom is -0.143 e. The molecule has 0 spiro atoms. The summed E-state index contributed by atoms with van der Waals surface area (Å²) in [6, 6.07) is 4.27. The van der Waals surface area contributed by atoms with E-state index < -0.39 is 0 Å². The van der Waals surface area contributed by atoms with E-state index in [1.807, 2.05) is 0 Å². The fraction of sp³-hybridized carbons (Fsp3) is 0.200. The Labute approximate surface area is 94.7 Å². The largest absolute Gasteiger partial charge is 0.143 e. The molecule has 0 bridgehead atoms. The highest BCUT2D eigenvalue weighted by Crippen LogP contribution is 2.34. The van der Waals surface area contributed by atoms with Gasteiger partial charge in [0.05, 0.1) is 0 Å². The van der Waals surface area contributed by atoms with Crippen LogP contribution in [0, 0.1) is 6.92 Å². The number of thiophene rings is 1. The van der Waals surface area contributed by atoms with Crippen LogP contribution in [0.15, 0.2) is 22.0 Å². The van der Waals surface area contributed by atoms with Gasteiger partial charge in [0.2, 0.25) is 0 Å².